The van der Waals surface area contributed by atoms with E-state index in [-0.39, 0.29) is 24.0 Å². The second-order valence-corrected chi connectivity index (χ2v) is 7.01. The van der Waals surface area contributed by atoms with Crippen LogP contribution in [-0.4, -0.2) is 49.2 Å². The summed E-state index contributed by atoms with van der Waals surface area (Å²) in [5.74, 6) is 1.66. The van der Waals surface area contributed by atoms with Crippen LogP contribution in [0.2, 0.25) is 0 Å². The molecule has 0 spiro atoms. The average molecular weight is 529 g/mol. The van der Waals surface area contributed by atoms with Crippen LogP contribution in [-0.2, 0) is 17.8 Å². The van der Waals surface area contributed by atoms with Gasteiger partial charge < -0.3 is 20.1 Å². The van der Waals surface area contributed by atoms with Gasteiger partial charge in [-0.05, 0) is 51.8 Å². The number of nitrogens with one attached hydrogen (secondary N) is 2. The Morgan fingerprint density at radius 3 is 2.60 bits per heavy atom. The third-order valence-corrected chi connectivity index (χ3v) is 4.52. The molecule has 2 aromatic rings. The molecule has 0 amide bonds. The molecule has 0 aliphatic carbocycles. The maximum atomic E-state index is 5.91. The van der Waals surface area contributed by atoms with Crippen molar-refractivity contribution >= 4 is 29.9 Å². The summed E-state index contributed by atoms with van der Waals surface area (Å²) in [7, 11) is 1.78. The van der Waals surface area contributed by atoms with Crippen molar-refractivity contribution in [2.24, 2.45) is 4.99 Å². The maximum absolute atomic E-state index is 5.91. The lowest BCUT2D eigenvalue weighted by atomic mass is 10.1. The lowest BCUT2D eigenvalue weighted by molar-refractivity contribution is 0.110. The quantitative estimate of drug-likeness (QED) is 0.202. The van der Waals surface area contributed by atoms with E-state index in [2.05, 4.69) is 58.8 Å². The van der Waals surface area contributed by atoms with Gasteiger partial charge >= 0.3 is 0 Å². The minimum absolute atomic E-state index is 0. The van der Waals surface area contributed by atoms with Crippen LogP contribution in [0, 0.1) is 20.8 Å². The van der Waals surface area contributed by atoms with Crippen molar-refractivity contribution in [2.75, 3.05) is 33.4 Å². The van der Waals surface area contributed by atoms with E-state index in [0.29, 0.717) is 26.4 Å². The second kappa shape index (κ2) is 14.2. The molecule has 0 saturated carbocycles. The van der Waals surface area contributed by atoms with Crippen LogP contribution in [0.5, 0.6) is 5.75 Å². The van der Waals surface area contributed by atoms with Crippen LogP contribution in [0.3, 0.4) is 0 Å². The molecular formula is C22H36IN5O2. The average Bonchev–Trinajstić information content (AvgIpc) is 3.02. The topological polar surface area (TPSA) is 72.7 Å². The number of aryl methyl sites for hydroxylation is 4. The van der Waals surface area contributed by atoms with Gasteiger partial charge in [-0.25, -0.2) is 0 Å². The summed E-state index contributed by atoms with van der Waals surface area (Å²) in [6.45, 7) is 12.3. The van der Waals surface area contributed by atoms with E-state index in [1.165, 1.54) is 11.3 Å². The first-order valence-corrected chi connectivity index (χ1v) is 10.3. The largest absolute Gasteiger partial charge is 0.491 e. The molecule has 30 heavy (non-hydrogen) atoms. The molecule has 7 nitrogen and oxygen atoms in total. The molecule has 0 aliphatic rings. The van der Waals surface area contributed by atoms with E-state index < -0.39 is 0 Å². The third-order valence-electron chi connectivity index (χ3n) is 4.52. The van der Waals surface area contributed by atoms with Crippen LogP contribution >= 0.6 is 24.0 Å². The molecule has 0 saturated heterocycles. The van der Waals surface area contributed by atoms with Gasteiger partial charge in [0.05, 0.1) is 12.3 Å². The van der Waals surface area contributed by atoms with E-state index in [1.807, 2.05) is 18.5 Å². The number of ether oxygens (including phenoxy) is 2. The van der Waals surface area contributed by atoms with Gasteiger partial charge in [0.2, 0.25) is 0 Å². The summed E-state index contributed by atoms with van der Waals surface area (Å²) in [4.78, 5) is 4.31. The summed E-state index contributed by atoms with van der Waals surface area (Å²) in [6, 6.07) is 8.35. The summed E-state index contributed by atoms with van der Waals surface area (Å²) < 4.78 is 13.3. The predicted molar refractivity (Wildman–Crippen MR) is 133 cm³/mol. The van der Waals surface area contributed by atoms with E-state index >= 15 is 0 Å². The SMILES string of the molecule is CCOCCOc1cc(C)ccc1CNC(=NC)NCCCn1nc(C)cc1C.I. The first-order valence-electron chi connectivity index (χ1n) is 10.3. The highest BCUT2D eigenvalue weighted by atomic mass is 127. The van der Waals surface area contributed by atoms with Crippen LogP contribution in [0.4, 0.5) is 0 Å². The Kier molecular flexibility index (Phi) is 12.4. The highest BCUT2D eigenvalue weighted by Gasteiger charge is 2.06. The normalized spacial score (nSPS) is 11.2. The molecule has 0 radical (unpaired) electrons. The molecule has 2 rings (SSSR count). The van der Waals surface area contributed by atoms with Crippen LogP contribution in [0.25, 0.3) is 0 Å². The number of aliphatic imine (C=N–C) groups is 1. The fraction of sp³-hybridized carbons (Fsp3) is 0.545. The van der Waals surface area contributed by atoms with Gasteiger partial charge in [0, 0.05) is 44.5 Å². The van der Waals surface area contributed by atoms with Gasteiger partial charge in [-0.1, -0.05) is 12.1 Å². The van der Waals surface area contributed by atoms with Gasteiger partial charge in [0.15, 0.2) is 5.96 Å². The monoisotopic (exact) mass is 529 g/mol. The zero-order chi connectivity index (χ0) is 21.1. The Balaban J connectivity index is 0.00000450. The van der Waals surface area contributed by atoms with Crippen molar-refractivity contribution in [3.05, 3.63) is 46.8 Å². The Morgan fingerprint density at radius 1 is 1.13 bits per heavy atom. The van der Waals surface area contributed by atoms with Crippen molar-refractivity contribution in [3.8, 4) is 5.75 Å². The van der Waals surface area contributed by atoms with Gasteiger partial charge in [0.25, 0.3) is 0 Å². The van der Waals surface area contributed by atoms with Gasteiger partial charge in [0.1, 0.15) is 12.4 Å². The van der Waals surface area contributed by atoms with Crippen molar-refractivity contribution in [1.29, 1.82) is 0 Å². The number of nitrogens with zero attached hydrogens (tertiary/aromatic N) is 3. The number of hydrogen-bond donors (Lipinski definition) is 2. The minimum Gasteiger partial charge on any atom is -0.491 e. The smallest absolute Gasteiger partial charge is 0.191 e. The van der Waals surface area contributed by atoms with Crippen molar-refractivity contribution in [3.63, 3.8) is 0 Å². The third kappa shape index (κ3) is 8.91. The lowest BCUT2D eigenvalue weighted by Gasteiger charge is -2.15. The van der Waals surface area contributed by atoms with Crippen molar-refractivity contribution < 1.29 is 9.47 Å². The summed E-state index contributed by atoms with van der Waals surface area (Å²) in [5, 5.41) is 11.2. The van der Waals surface area contributed by atoms with Gasteiger partial charge in [-0.2, -0.15) is 5.10 Å². The van der Waals surface area contributed by atoms with Crippen LogP contribution in [0.1, 0.15) is 35.9 Å². The molecule has 1 aromatic heterocycles. The summed E-state index contributed by atoms with van der Waals surface area (Å²) in [6.07, 6.45) is 0.971. The molecule has 0 fully saturated rings. The zero-order valence-corrected chi connectivity index (χ0v) is 21.2. The molecule has 0 unspecified atom stereocenters. The first kappa shape index (κ1) is 26.2. The number of rotatable bonds is 11. The number of hydrogen-bond acceptors (Lipinski definition) is 4. The van der Waals surface area contributed by atoms with Crippen LogP contribution in [0.15, 0.2) is 29.3 Å². The Hall–Kier alpha value is -1.81. The number of guanidine groups is 1. The number of aromatic nitrogens is 2. The van der Waals surface area contributed by atoms with Crippen LogP contribution < -0.4 is 15.4 Å². The first-order chi connectivity index (χ1) is 14.0. The molecule has 8 heteroatoms. The standard InChI is InChI=1S/C22H35N5O2.HI/c1-6-28-12-13-29-21-14-17(2)8-9-20(21)16-25-22(23-5)24-10-7-11-27-19(4)15-18(3)26-27;/h8-9,14-15H,6-7,10-13,16H2,1-5H3,(H2,23,24,25);1H. The predicted octanol–water partition coefficient (Wildman–Crippen LogP) is 3.60. The van der Waals surface area contributed by atoms with E-state index in [1.54, 1.807) is 7.05 Å². The summed E-state index contributed by atoms with van der Waals surface area (Å²) in [5.41, 5.74) is 4.52. The number of benzene rings is 1. The van der Waals surface area contributed by atoms with Gasteiger partial charge in [-0.3, -0.25) is 9.67 Å². The highest BCUT2D eigenvalue weighted by Crippen LogP contribution is 2.20. The Labute approximate surface area is 197 Å². The van der Waals surface area contributed by atoms with E-state index in [0.717, 1.165) is 42.5 Å². The van der Waals surface area contributed by atoms with E-state index in [9.17, 15) is 0 Å². The highest BCUT2D eigenvalue weighted by molar-refractivity contribution is 14.0. The molecular weight excluding hydrogens is 493 g/mol. The molecule has 2 N–H and O–H groups in total. The lowest BCUT2D eigenvalue weighted by Crippen LogP contribution is -2.37. The maximum Gasteiger partial charge on any atom is 0.191 e. The van der Waals surface area contributed by atoms with Crippen molar-refractivity contribution in [2.45, 2.75) is 47.2 Å². The molecule has 0 atom stereocenters. The van der Waals surface area contributed by atoms with Crippen molar-refractivity contribution in [1.82, 2.24) is 20.4 Å². The van der Waals surface area contributed by atoms with E-state index in [4.69, 9.17) is 9.47 Å². The Bertz CT molecular complexity index is 792. The molecule has 1 heterocycles. The number of halogens is 1. The molecule has 0 aliphatic heterocycles. The fourth-order valence-corrected chi connectivity index (χ4v) is 3.03. The minimum atomic E-state index is 0. The fourth-order valence-electron chi connectivity index (χ4n) is 3.03. The second-order valence-electron chi connectivity index (χ2n) is 7.01. The zero-order valence-electron chi connectivity index (χ0n) is 18.8. The molecule has 1 aromatic carbocycles. The Morgan fingerprint density at radius 2 is 1.93 bits per heavy atom. The molecule has 0 bridgehead atoms. The molecule has 168 valence electrons. The summed E-state index contributed by atoms with van der Waals surface area (Å²) >= 11 is 0. The van der Waals surface area contributed by atoms with Gasteiger partial charge in [-0.15, -0.1) is 24.0 Å².